The van der Waals surface area contributed by atoms with Crippen molar-refractivity contribution in [3.8, 4) is 0 Å². The molecule has 0 unspecified atom stereocenters. The van der Waals surface area contributed by atoms with Crippen LogP contribution in [0.25, 0.3) is 11.0 Å². The highest BCUT2D eigenvalue weighted by Crippen LogP contribution is 2.22. The van der Waals surface area contributed by atoms with Gasteiger partial charge >= 0.3 is 0 Å². The van der Waals surface area contributed by atoms with Crippen molar-refractivity contribution in [3.63, 3.8) is 0 Å². The van der Waals surface area contributed by atoms with Gasteiger partial charge in [0.1, 0.15) is 5.52 Å². The maximum Gasteiger partial charge on any atom is 0.257 e. The highest BCUT2D eigenvalue weighted by molar-refractivity contribution is 7.15. The minimum absolute atomic E-state index is 0.184. The summed E-state index contributed by atoms with van der Waals surface area (Å²) >= 11 is 1.47. The molecule has 6 nitrogen and oxygen atoms in total. The van der Waals surface area contributed by atoms with Crippen LogP contribution in [0.15, 0.2) is 18.2 Å². The fourth-order valence-electron chi connectivity index (χ4n) is 2.04. The fraction of sp³-hybridized carbons (Fsp3) is 0.286. The zero-order chi connectivity index (χ0) is 15.0. The summed E-state index contributed by atoms with van der Waals surface area (Å²) in [5, 5.41) is 11.6. The van der Waals surface area contributed by atoms with Crippen molar-refractivity contribution in [1.82, 2.24) is 20.0 Å². The molecule has 0 aliphatic heterocycles. The van der Waals surface area contributed by atoms with Crippen molar-refractivity contribution >= 4 is 33.4 Å². The average molecular weight is 301 g/mol. The molecule has 0 saturated heterocycles. The molecule has 2 heterocycles. The molecule has 1 aromatic carbocycles. The molecule has 0 bridgehead atoms. The van der Waals surface area contributed by atoms with Crippen LogP contribution in [0.5, 0.6) is 0 Å². The van der Waals surface area contributed by atoms with Crippen LogP contribution in [0.1, 0.15) is 27.9 Å². The normalized spacial score (nSPS) is 11.0. The topological polar surface area (TPSA) is 72.7 Å². The Hall–Kier alpha value is -2.28. The van der Waals surface area contributed by atoms with Crippen LogP contribution in [-0.2, 0) is 6.54 Å². The number of aromatic nitrogens is 4. The lowest BCUT2D eigenvalue weighted by Crippen LogP contribution is -2.11. The molecular formula is C14H15N5OS. The van der Waals surface area contributed by atoms with Gasteiger partial charge < -0.3 is 0 Å². The molecule has 0 saturated carbocycles. The van der Waals surface area contributed by atoms with Crippen molar-refractivity contribution in [1.29, 1.82) is 0 Å². The zero-order valence-corrected chi connectivity index (χ0v) is 12.9. The highest BCUT2D eigenvalue weighted by Gasteiger charge is 2.12. The Kier molecular flexibility index (Phi) is 3.42. The Morgan fingerprint density at radius 3 is 2.86 bits per heavy atom. The van der Waals surface area contributed by atoms with Crippen LogP contribution in [0, 0.1) is 13.8 Å². The number of hydrogen-bond acceptors (Lipinski definition) is 5. The Balaban J connectivity index is 1.87. The van der Waals surface area contributed by atoms with Gasteiger partial charge in [0.2, 0.25) is 0 Å². The van der Waals surface area contributed by atoms with Gasteiger partial charge in [-0.25, -0.2) is 9.67 Å². The van der Waals surface area contributed by atoms with Gasteiger partial charge in [0.05, 0.1) is 11.2 Å². The van der Waals surface area contributed by atoms with Gasteiger partial charge in [0.15, 0.2) is 5.13 Å². The second-order valence-corrected chi connectivity index (χ2v) is 5.93. The predicted octanol–water partition coefficient (Wildman–Crippen LogP) is 2.78. The zero-order valence-electron chi connectivity index (χ0n) is 12.0. The summed E-state index contributed by atoms with van der Waals surface area (Å²) < 4.78 is 1.80. The Morgan fingerprint density at radius 1 is 1.38 bits per heavy atom. The molecule has 21 heavy (non-hydrogen) atoms. The first-order valence-corrected chi connectivity index (χ1v) is 7.48. The molecule has 0 fully saturated rings. The monoisotopic (exact) mass is 301 g/mol. The number of benzene rings is 1. The van der Waals surface area contributed by atoms with E-state index in [-0.39, 0.29) is 5.91 Å². The van der Waals surface area contributed by atoms with Gasteiger partial charge in [-0.2, -0.15) is 0 Å². The summed E-state index contributed by atoms with van der Waals surface area (Å²) in [4.78, 5) is 17.7. The summed E-state index contributed by atoms with van der Waals surface area (Å²) in [6, 6.07) is 5.39. The van der Waals surface area contributed by atoms with Crippen molar-refractivity contribution in [2.45, 2.75) is 27.3 Å². The van der Waals surface area contributed by atoms with Crippen LogP contribution in [-0.4, -0.2) is 25.9 Å². The Morgan fingerprint density at radius 2 is 2.19 bits per heavy atom. The molecule has 1 amide bonds. The molecule has 0 atom stereocenters. The smallest absolute Gasteiger partial charge is 0.257 e. The fourth-order valence-corrected chi connectivity index (χ4v) is 2.85. The van der Waals surface area contributed by atoms with Gasteiger partial charge in [-0.15, -0.1) is 16.4 Å². The van der Waals surface area contributed by atoms with Crippen molar-refractivity contribution < 1.29 is 4.79 Å². The number of fused-ring (bicyclic) bond motifs is 1. The first kappa shape index (κ1) is 13.7. The lowest BCUT2D eigenvalue weighted by atomic mass is 10.2. The average Bonchev–Trinajstić information content (AvgIpc) is 3.01. The number of carbonyl (C=O) groups is 1. The maximum atomic E-state index is 12.3. The number of anilines is 1. The quantitative estimate of drug-likeness (QED) is 0.807. The molecule has 3 rings (SSSR count). The second-order valence-electron chi connectivity index (χ2n) is 4.72. The van der Waals surface area contributed by atoms with Crippen LogP contribution in [0.2, 0.25) is 0 Å². The van der Waals surface area contributed by atoms with E-state index < -0.39 is 0 Å². The van der Waals surface area contributed by atoms with Gasteiger partial charge in [-0.1, -0.05) is 5.21 Å². The summed E-state index contributed by atoms with van der Waals surface area (Å²) in [5.74, 6) is -0.184. The van der Waals surface area contributed by atoms with E-state index in [2.05, 4.69) is 20.6 Å². The second kappa shape index (κ2) is 5.25. The molecule has 108 valence electrons. The molecule has 0 radical (unpaired) electrons. The number of amides is 1. The van der Waals surface area contributed by atoms with Crippen LogP contribution >= 0.6 is 11.3 Å². The van der Waals surface area contributed by atoms with E-state index >= 15 is 0 Å². The van der Waals surface area contributed by atoms with Gasteiger partial charge in [-0.3, -0.25) is 10.1 Å². The van der Waals surface area contributed by atoms with E-state index in [0.717, 1.165) is 28.1 Å². The third kappa shape index (κ3) is 2.52. The third-order valence-electron chi connectivity index (χ3n) is 3.32. The summed E-state index contributed by atoms with van der Waals surface area (Å²) in [6.45, 7) is 6.66. The predicted molar refractivity (Wildman–Crippen MR) is 82.7 cm³/mol. The van der Waals surface area contributed by atoms with Crippen molar-refractivity contribution in [2.75, 3.05) is 5.32 Å². The number of nitrogens with zero attached hydrogens (tertiary/aromatic N) is 4. The van der Waals surface area contributed by atoms with Crippen molar-refractivity contribution in [2.24, 2.45) is 0 Å². The van der Waals surface area contributed by atoms with Crippen molar-refractivity contribution in [3.05, 3.63) is 34.3 Å². The van der Waals surface area contributed by atoms with Crippen LogP contribution < -0.4 is 5.32 Å². The van der Waals surface area contributed by atoms with E-state index in [1.54, 1.807) is 16.8 Å². The number of rotatable bonds is 3. The molecule has 2 aromatic heterocycles. The van der Waals surface area contributed by atoms with Crippen LogP contribution in [0.3, 0.4) is 0 Å². The van der Waals surface area contributed by atoms with E-state index in [9.17, 15) is 4.79 Å². The van der Waals surface area contributed by atoms with E-state index in [1.165, 1.54) is 11.3 Å². The van der Waals surface area contributed by atoms with Gasteiger partial charge in [0, 0.05) is 17.0 Å². The standard InChI is InChI=1S/C14H15N5OS/c1-4-19-12-6-5-10(7-11(12)17-18-19)13(20)16-14-15-8(2)9(3)21-14/h5-7H,4H2,1-3H3,(H,15,16,20). The molecule has 0 spiro atoms. The number of nitrogens with one attached hydrogen (secondary N) is 1. The number of thiazole rings is 1. The Labute approximate surface area is 125 Å². The lowest BCUT2D eigenvalue weighted by molar-refractivity contribution is 0.102. The van der Waals surface area contributed by atoms with E-state index in [0.29, 0.717) is 10.7 Å². The maximum absolute atomic E-state index is 12.3. The molecule has 7 heteroatoms. The summed E-state index contributed by atoms with van der Waals surface area (Å²) in [7, 11) is 0. The van der Waals surface area contributed by atoms with Gasteiger partial charge in [0.25, 0.3) is 5.91 Å². The minimum Gasteiger partial charge on any atom is -0.298 e. The largest absolute Gasteiger partial charge is 0.298 e. The van der Waals surface area contributed by atoms with Gasteiger partial charge in [-0.05, 0) is 39.0 Å². The highest BCUT2D eigenvalue weighted by atomic mass is 32.1. The SMILES string of the molecule is CCn1nnc2cc(C(=O)Nc3nc(C)c(C)s3)ccc21. The number of aryl methyl sites for hydroxylation is 3. The Bertz CT molecular complexity index is 800. The number of carbonyl (C=O) groups excluding carboxylic acids is 1. The van der Waals surface area contributed by atoms with E-state index in [4.69, 9.17) is 0 Å². The molecular weight excluding hydrogens is 286 g/mol. The lowest BCUT2D eigenvalue weighted by Gasteiger charge is -2.02. The molecule has 0 aliphatic rings. The number of hydrogen-bond donors (Lipinski definition) is 1. The summed E-state index contributed by atoms with van der Waals surface area (Å²) in [5.41, 5.74) is 3.14. The molecule has 0 aliphatic carbocycles. The third-order valence-corrected chi connectivity index (χ3v) is 4.31. The van der Waals surface area contributed by atoms with E-state index in [1.807, 2.05) is 26.8 Å². The molecule has 3 aromatic rings. The minimum atomic E-state index is -0.184. The van der Waals surface area contributed by atoms with Crippen LogP contribution in [0.4, 0.5) is 5.13 Å². The summed E-state index contributed by atoms with van der Waals surface area (Å²) in [6.07, 6.45) is 0. The molecule has 1 N–H and O–H groups in total. The first-order chi connectivity index (χ1) is 10.1. The first-order valence-electron chi connectivity index (χ1n) is 6.67.